The van der Waals surface area contributed by atoms with Gasteiger partial charge in [-0.1, -0.05) is 74.5 Å². The van der Waals surface area contributed by atoms with E-state index in [0.29, 0.717) is 0 Å². The molecule has 2 atom stereocenters. The van der Waals surface area contributed by atoms with Crippen molar-refractivity contribution in [2.24, 2.45) is 0 Å². The van der Waals surface area contributed by atoms with Crippen LogP contribution in [0.4, 0.5) is 0 Å². The van der Waals surface area contributed by atoms with Gasteiger partial charge < -0.3 is 29.4 Å². The molecule has 0 radical (unpaired) electrons. The SMILES string of the molecule is CCC(O[Si](C)(C)O[Si](C)(C)O[Si](C)(C)O[Si](C)(C)O[Si](C)(C)O[Si](C)(C)OC(CC)c1ccccc1)c1ccccc1. The highest BCUT2D eigenvalue weighted by molar-refractivity contribution is 6.90. The molecule has 0 aliphatic carbocycles. The van der Waals surface area contributed by atoms with Crippen LogP contribution in [0.15, 0.2) is 60.7 Å². The molecule has 43 heavy (non-hydrogen) atoms. The second kappa shape index (κ2) is 15.4. The molecule has 0 spiro atoms. The Kier molecular flexibility index (Phi) is 13.8. The van der Waals surface area contributed by atoms with Gasteiger partial charge in [-0.05, 0) is 103 Å². The summed E-state index contributed by atoms with van der Waals surface area (Å²) in [4.78, 5) is 0. The fourth-order valence-corrected chi connectivity index (χ4v) is 34.1. The molecule has 0 aliphatic rings. The standard InChI is InChI=1S/C30H58O7Si6/c1-15-29(27-23-19-17-20-24-27)31-38(3,4)33-40(7,8)35-42(11,12)37-43(13,14)36-41(9,10)34-39(5,6)32-30(16-2)28-25-21-18-22-26-28/h17-26,29-30H,15-16H2,1-14H3. The van der Waals surface area contributed by atoms with Gasteiger partial charge in [-0.3, -0.25) is 0 Å². The third kappa shape index (κ3) is 14.2. The van der Waals surface area contributed by atoms with Gasteiger partial charge in [-0.2, -0.15) is 0 Å². The minimum Gasteiger partial charge on any atom is -0.416 e. The molecule has 0 aromatic heterocycles. The van der Waals surface area contributed by atoms with E-state index in [4.69, 9.17) is 29.4 Å². The largest absolute Gasteiger partial charge is 0.416 e. The lowest BCUT2D eigenvalue weighted by Gasteiger charge is -2.43. The summed E-state index contributed by atoms with van der Waals surface area (Å²) >= 11 is 0. The zero-order chi connectivity index (χ0) is 32.7. The third-order valence-electron chi connectivity index (χ3n) is 6.39. The van der Waals surface area contributed by atoms with Gasteiger partial charge in [0.15, 0.2) is 0 Å². The molecule has 0 fully saturated rings. The van der Waals surface area contributed by atoms with Crippen LogP contribution in [0.2, 0.25) is 78.6 Å². The Morgan fingerprint density at radius 3 is 0.860 bits per heavy atom. The van der Waals surface area contributed by atoms with Crippen LogP contribution in [0.5, 0.6) is 0 Å². The maximum atomic E-state index is 6.76. The van der Waals surface area contributed by atoms with Crippen molar-refractivity contribution in [2.45, 2.75) is 117 Å². The lowest BCUT2D eigenvalue weighted by Crippen LogP contribution is -2.60. The van der Waals surface area contributed by atoms with E-state index in [1.165, 1.54) is 11.1 Å². The monoisotopic (exact) mass is 698 g/mol. The van der Waals surface area contributed by atoms with Gasteiger partial charge in [-0.25, -0.2) is 0 Å². The van der Waals surface area contributed by atoms with Gasteiger partial charge in [0.05, 0.1) is 12.2 Å². The normalized spacial score (nSPS) is 15.4. The molecule has 244 valence electrons. The molecule has 0 aliphatic heterocycles. The van der Waals surface area contributed by atoms with Crippen molar-refractivity contribution < 1.29 is 29.4 Å². The first kappa shape index (κ1) is 38.6. The van der Waals surface area contributed by atoms with Gasteiger partial charge in [0, 0.05) is 0 Å². The average molecular weight is 699 g/mol. The van der Waals surface area contributed by atoms with Crippen LogP contribution in [-0.4, -0.2) is 51.4 Å². The van der Waals surface area contributed by atoms with Crippen molar-refractivity contribution in [2.75, 3.05) is 0 Å². The average Bonchev–Trinajstić information content (AvgIpc) is 2.83. The van der Waals surface area contributed by atoms with Crippen LogP contribution in [-0.2, 0) is 29.4 Å². The minimum atomic E-state index is -2.63. The quantitative estimate of drug-likeness (QED) is 0.144. The Morgan fingerprint density at radius 1 is 0.395 bits per heavy atom. The van der Waals surface area contributed by atoms with E-state index in [-0.39, 0.29) is 12.2 Å². The van der Waals surface area contributed by atoms with Crippen molar-refractivity contribution in [1.82, 2.24) is 0 Å². The van der Waals surface area contributed by atoms with Crippen molar-refractivity contribution >= 4 is 51.4 Å². The zero-order valence-corrected chi connectivity index (χ0v) is 35.2. The van der Waals surface area contributed by atoms with E-state index in [0.717, 1.165) is 12.8 Å². The molecule has 0 amide bonds. The topological polar surface area (TPSA) is 64.6 Å². The molecule has 0 N–H and O–H groups in total. The number of hydrogen-bond donors (Lipinski definition) is 0. The van der Waals surface area contributed by atoms with Crippen LogP contribution in [0, 0.1) is 0 Å². The molecule has 2 aromatic carbocycles. The molecular formula is C30H58O7Si6. The first-order chi connectivity index (χ1) is 19.6. The Labute approximate surface area is 269 Å². The van der Waals surface area contributed by atoms with Crippen molar-refractivity contribution in [3.8, 4) is 0 Å². The fourth-order valence-electron chi connectivity index (χ4n) is 5.89. The van der Waals surface area contributed by atoms with Gasteiger partial charge in [0.2, 0.25) is 0 Å². The van der Waals surface area contributed by atoms with Crippen molar-refractivity contribution in [1.29, 1.82) is 0 Å². The Bertz CT molecular complexity index is 1030. The summed E-state index contributed by atoms with van der Waals surface area (Å²) in [5.41, 5.74) is 2.35. The molecular weight excluding hydrogens is 641 g/mol. The number of hydrogen-bond acceptors (Lipinski definition) is 7. The van der Waals surface area contributed by atoms with Crippen LogP contribution in [0.3, 0.4) is 0 Å². The number of rotatable bonds is 18. The van der Waals surface area contributed by atoms with Crippen molar-refractivity contribution in [3.63, 3.8) is 0 Å². The van der Waals surface area contributed by atoms with E-state index in [1.54, 1.807) is 0 Å². The van der Waals surface area contributed by atoms with Crippen LogP contribution in [0.25, 0.3) is 0 Å². The highest BCUT2D eigenvalue weighted by atomic mass is 28.5. The Balaban J connectivity index is 2.02. The molecule has 2 unspecified atom stereocenters. The lowest BCUT2D eigenvalue weighted by atomic mass is 10.1. The summed E-state index contributed by atoms with van der Waals surface area (Å²) in [7, 11) is -15.5. The zero-order valence-electron chi connectivity index (χ0n) is 29.2. The summed E-state index contributed by atoms with van der Waals surface area (Å²) in [6.07, 6.45) is 1.76. The maximum Gasteiger partial charge on any atom is 0.323 e. The summed E-state index contributed by atoms with van der Waals surface area (Å²) in [6.45, 7) is 29.4. The molecule has 0 saturated heterocycles. The van der Waals surface area contributed by atoms with Gasteiger partial charge in [-0.15, -0.1) is 0 Å². The third-order valence-corrected chi connectivity index (χ3v) is 27.8. The molecule has 0 bridgehead atoms. The predicted molar refractivity (Wildman–Crippen MR) is 191 cm³/mol. The molecule has 7 nitrogen and oxygen atoms in total. The van der Waals surface area contributed by atoms with E-state index in [2.05, 4.69) is 141 Å². The fraction of sp³-hybridized carbons (Fsp3) is 0.600. The lowest BCUT2D eigenvalue weighted by molar-refractivity contribution is 0.144. The number of benzene rings is 2. The summed E-state index contributed by atoms with van der Waals surface area (Å²) in [5, 5.41) is 0. The van der Waals surface area contributed by atoms with E-state index in [1.807, 2.05) is 12.1 Å². The van der Waals surface area contributed by atoms with Crippen molar-refractivity contribution in [3.05, 3.63) is 71.8 Å². The van der Waals surface area contributed by atoms with E-state index >= 15 is 0 Å². The molecule has 0 heterocycles. The molecule has 0 saturated carbocycles. The summed E-state index contributed by atoms with van der Waals surface area (Å²) in [5.74, 6) is 0. The summed E-state index contributed by atoms with van der Waals surface area (Å²) in [6, 6.07) is 20.7. The Hall–Kier alpha value is -0.539. The highest BCUT2D eigenvalue weighted by Crippen LogP contribution is 2.32. The smallest absolute Gasteiger partial charge is 0.323 e. The van der Waals surface area contributed by atoms with Crippen LogP contribution in [0.1, 0.15) is 50.0 Å². The Morgan fingerprint density at radius 2 is 0.628 bits per heavy atom. The second-order valence-electron chi connectivity index (χ2n) is 13.8. The van der Waals surface area contributed by atoms with Gasteiger partial charge >= 0.3 is 51.4 Å². The first-order valence-corrected chi connectivity index (χ1v) is 32.4. The predicted octanol–water partition coefficient (Wildman–Crippen LogP) is 9.62. The summed E-state index contributed by atoms with van der Waals surface area (Å²) < 4.78 is 46.9. The molecule has 2 rings (SSSR count). The first-order valence-electron chi connectivity index (χ1n) is 15.6. The van der Waals surface area contributed by atoms with Crippen LogP contribution >= 0.6 is 0 Å². The van der Waals surface area contributed by atoms with E-state index in [9.17, 15) is 0 Å². The van der Waals surface area contributed by atoms with Gasteiger partial charge in [0.1, 0.15) is 0 Å². The van der Waals surface area contributed by atoms with E-state index < -0.39 is 51.4 Å². The molecule has 13 heteroatoms. The van der Waals surface area contributed by atoms with Gasteiger partial charge in [0.25, 0.3) is 0 Å². The highest BCUT2D eigenvalue weighted by Gasteiger charge is 2.48. The molecule has 2 aromatic rings. The second-order valence-corrected chi connectivity index (χ2v) is 35.1. The minimum absolute atomic E-state index is 0.00168. The maximum absolute atomic E-state index is 6.76. The van der Waals surface area contributed by atoms with Crippen LogP contribution < -0.4 is 0 Å².